The van der Waals surface area contributed by atoms with Crippen LogP contribution in [0.25, 0.3) is 0 Å². The van der Waals surface area contributed by atoms with Gasteiger partial charge in [0, 0.05) is 12.2 Å². The van der Waals surface area contributed by atoms with Crippen LogP contribution in [0.2, 0.25) is 0 Å². The summed E-state index contributed by atoms with van der Waals surface area (Å²) in [5.41, 5.74) is 0. The van der Waals surface area contributed by atoms with E-state index < -0.39 is 6.10 Å². The van der Waals surface area contributed by atoms with Gasteiger partial charge >= 0.3 is 0 Å². The highest BCUT2D eigenvalue weighted by Crippen LogP contribution is 2.22. The molecule has 1 aromatic rings. The molecule has 0 aliphatic carbocycles. The highest BCUT2D eigenvalue weighted by atomic mass is 79.9. The van der Waals surface area contributed by atoms with Crippen LogP contribution in [-0.4, -0.2) is 23.0 Å². The molecule has 0 aliphatic heterocycles. The summed E-state index contributed by atoms with van der Waals surface area (Å²) < 4.78 is 6.17. The maximum absolute atomic E-state index is 11.9. The third-order valence-electron chi connectivity index (χ3n) is 2.51. The van der Waals surface area contributed by atoms with Crippen molar-refractivity contribution >= 4 is 21.8 Å². The van der Waals surface area contributed by atoms with E-state index >= 15 is 0 Å². The van der Waals surface area contributed by atoms with Crippen molar-refractivity contribution in [2.75, 3.05) is 0 Å². The Morgan fingerprint density at radius 1 is 1.56 bits per heavy atom. The summed E-state index contributed by atoms with van der Waals surface area (Å²) in [6, 6.07) is 3.71. The van der Waals surface area contributed by atoms with Gasteiger partial charge < -0.3 is 10.1 Å². The number of aromatic nitrogens is 1. The van der Waals surface area contributed by atoms with Crippen LogP contribution in [0.3, 0.4) is 0 Å². The van der Waals surface area contributed by atoms with E-state index in [4.69, 9.17) is 4.74 Å². The van der Waals surface area contributed by atoms with Gasteiger partial charge in [0.25, 0.3) is 5.91 Å². The molecule has 5 heteroatoms. The Labute approximate surface area is 116 Å². The van der Waals surface area contributed by atoms with E-state index in [2.05, 4.69) is 33.2 Å². The second-order valence-corrected chi connectivity index (χ2v) is 5.00. The predicted molar refractivity (Wildman–Crippen MR) is 74.5 cm³/mol. The van der Waals surface area contributed by atoms with Gasteiger partial charge in [-0.25, -0.2) is 4.98 Å². The lowest BCUT2D eigenvalue weighted by Crippen LogP contribution is -2.41. The number of hydrogen-bond donors (Lipinski definition) is 1. The molecule has 4 nitrogen and oxygen atoms in total. The van der Waals surface area contributed by atoms with Gasteiger partial charge in [-0.1, -0.05) is 13.3 Å². The smallest absolute Gasteiger partial charge is 0.260 e. The van der Waals surface area contributed by atoms with E-state index in [1.165, 1.54) is 0 Å². The quantitative estimate of drug-likeness (QED) is 0.821. The SMILES string of the molecule is CCCC(C)NC(=O)C(C)Oc1cccnc1Br. The minimum Gasteiger partial charge on any atom is -0.478 e. The molecule has 0 fully saturated rings. The third kappa shape index (κ3) is 4.64. The molecule has 2 atom stereocenters. The van der Waals surface area contributed by atoms with Gasteiger partial charge in [-0.05, 0) is 48.3 Å². The van der Waals surface area contributed by atoms with Crippen molar-refractivity contribution in [2.45, 2.75) is 45.8 Å². The van der Waals surface area contributed by atoms with Gasteiger partial charge in [0.2, 0.25) is 0 Å². The predicted octanol–water partition coefficient (Wildman–Crippen LogP) is 2.92. The molecule has 0 saturated carbocycles. The summed E-state index contributed by atoms with van der Waals surface area (Å²) in [6.07, 6.45) is 3.13. The zero-order chi connectivity index (χ0) is 13.5. The Balaban J connectivity index is 2.52. The molecular weight excluding hydrogens is 296 g/mol. The molecule has 18 heavy (non-hydrogen) atoms. The van der Waals surface area contributed by atoms with Crippen LogP contribution in [0.15, 0.2) is 22.9 Å². The summed E-state index contributed by atoms with van der Waals surface area (Å²) >= 11 is 3.28. The molecule has 0 spiro atoms. The zero-order valence-electron chi connectivity index (χ0n) is 10.9. The van der Waals surface area contributed by atoms with Crippen LogP contribution in [-0.2, 0) is 4.79 Å². The zero-order valence-corrected chi connectivity index (χ0v) is 12.5. The van der Waals surface area contributed by atoms with Gasteiger partial charge in [0.05, 0.1) is 0 Å². The van der Waals surface area contributed by atoms with Gasteiger partial charge in [-0.2, -0.15) is 0 Å². The lowest BCUT2D eigenvalue weighted by molar-refractivity contribution is -0.127. The van der Waals surface area contributed by atoms with Crippen LogP contribution in [0, 0.1) is 0 Å². The number of carbonyl (C=O) groups excluding carboxylic acids is 1. The summed E-state index contributed by atoms with van der Waals surface area (Å²) in [7, 11) is 0. The van der Waals surface area contributed by atoms with Gasteiger partial charge in [-0.3, -0.25) is 4.79 Å². The Morgan fingerprint density at radius 2 is 2.28 bits per heavy atom. The van der Waals surface area contributed by atoms with Crippen molar-refractivity contribution in [3.8, 4) is 5.75 Å². The Bertz CT molecular complexity index is 398. The summed E-state index contributed by atoms with van der Waals surface area (Å²) in [5, 5.41) is 2.92. The fraction of sp³-hybridized carbons (Fsp3) is 0.538. The van der Waals surface area contributed by atoms with Crippen molar-refractivity contribution in [2.24, 2.45) is 0 Å². The fourth-order valence-corrected chi connectivity index (χ4v) is 1.91. The van der Waals surface area contributed by atoms with E-state index in [1.807, 2.05) is 6.92 Å². The van der Waals surface area contributed by atoms with Crippen molar-refractivity contribution in [1.82, 2.24) is 10.3 Å². The fourth-order valence-electron chi connectivity index (χ4n) is 1.57. The van der Waals surface area contributed by atoms with Gasteiger partial charge in [-0.15, -0.1) is 0 Å². The highest BCUT2D eigenvalue weighted by Gasteiger charge is 2.17. The van der Waals surface area contributed by atoms with Crippen LogP contribution in [0.1, 0.15) is 33.6 Å². The topological polar surface area (TPSA) is 51.2 Å². The number of nitrogens with one attached hydrogen (secondary N) is 1. The first-order valence-corrected chi connectivity index (χ1v) is 6.91. The van der Waals surface area contributed by atoms with E-state index in [1.54, 1.807) is 25.3 Å². The molecule has 1 rings (SSSR count). The second kappa shape index (κ2) is 7.36. The first-order chi connectivity index (χ1) is 8.54. The van der Waals surface area contributed by atoms with Gasteiger partial charge in [0.1, 0.15) is 4.60 Å². The van der Waals surface area contributed by atoms with E-state index in [0.717, 1.165) is 12.8 Å². The number of rotatable bonds is 6. The molecule has 0 bridgehead atoms. The third-order valence-corrected chi connectivity index (χ3v) is 3.10. The van der Waals surface area contributed by atoms with Crippen molar-refractivity contribution in [1.29, 1.82) is 0 Å². The van der Waals surface area contributed by atoms with Crippen molar-refractivity contribution in [3.05, 3.63) is 22.9 Å². The molecule has 1 N–H and O–H groups in total. The van der Waals surface area contributed by atoms with E-state index in [0.29, 0.717) is 10.4 Å². The van der Waals surface area contributed by atoms with Crippen LogP contribution < -0.4 is 10.1 Å². The maximum Gasteiger partial charge on any atom is 0.260 e. The molecule has 1 aromatic heterocycles. The average molecular weight is 315 g/mol. The highest BCUT2D eigenvalue weighted by molar-refractivity contribution is 9.10. The molecule has 0 radical (unpaired) electrons. The minimum absolute atomic E-state index is 0.105. The van der Waals surface area contributed by atoms with Crippen molar-refractivity contribution < 1.29 is 9.53 Å². The molecule has 100 valence electrons. The van der Waals surface area contributed by atoms with Gasteiger partial charge in [0.15, 0.2) is 11.9 Å². The lowest BCUT2D eigenvalue weighted by atomic mass is 10.2. The molecule has 1 heterocycles. The number of nitrogens with zero attached hydrogens (tertiary/aromatic N) is 1. The maximum atomic E-state index is 11.9. The summed E-state index contributed by atoms with van der Waals surface area (Å²) in [4.78, 5) is 15.9. The van der Waals surface area contributed by atoms with E-state index in [9.17, 15) is 4.79 Å². The number of amides is 1. The second-order valence-electron chi connectivity index (χ2n) is 4.25. The Hall–Kier alpha value is -1.10. The van der Waals surface area contributed by atoms with Crippen LogP contribution in [0.4, 0.5) is 0 Å². The first-order valence-electron chi connectivity index (χ1n) is 6.12. The number of pyridine rings is 1. The number of ether oxygens (including phenoxy) is 1. The molecule has 0 saturated heterocycles. The first kappa shape index (κ1) is 15.0. The molecular formula is C13H19BrN2O2. The largest absolute Gasteiger partial charge is 0.478 e. The normalized spacial score (nSPS) is 13.8. The average Bonchev–Trinajstić information content (AvgIpc) is 2.32. The van der Waals surface area contributed by atoms with Crippen LogP contribution in [0.5, 0.6) is 5.75 Å². The number of hydrogen-bond acceptors (Lipinski definition) is 3. The molecule has 2 unspecified atom stereocenters. The molecule has 0 aromatic carbocycles. The molecule has 1 amide bonds. The minimum atomic E-state index is -0.537. The Morgan fingerprint density at radius 3 is 2.89 bits per heavy atom. The van der Waals surface area contributed by atoms with Crippen molar-refractivity contribution in [3.63, 3.8) is 0 Å². The standard InChI is InChI=1S/C13H19BrN2O2/c1-4-6-9(2)16-13(17)10(3)18-11-7-5-8-15-12(11)14/h5,7-10H,4,6H2,1-3H3,(H,16,17). The lowest BCUT2D eigenvalue weighted by Gasteiger charge is -2.18. The summed E-state index contributed by atoms with van der Waals surface area (Å²) in [5.74, 6) is 0.468. The number of carbonyl (C=O) groups is 1. The van der Waals surface area contributed by atoms with E-state index in [-0.39, 0.29) is 11.9 Å². The monoisotopic (exact) mass is 314 g/mol. The number of halogens is 1. The molecule has 0 aliphatic rings. The summed E-state index contributed by atoms with van der Waals surface area (Å²) in [6.45, 7) is 5.82. The Kier molecular flexibility index (Phi) is 6.12. The van der Waals surface area contributed by atoms with Crippen LogP contribution >= 0.6 is 15.9 Å².